The van der Waals surface area contributed by atoms with E-state index in [9.17, 15) is 14.4 Å². The predicted octanol–water partition coefficient (Wildman–Crippen LogP) is 19.5. The first-order valence-corrected chi connectivity index (χ1v) is 29.3. The van der Waals surface area contributed by atoms with Crippen molar-refractivity contribution in [1.29, 1.82) is 0 Å². The molecule has 66 heavy (non-hydrogen) atoms. The average molecular weight is 930 g/mol. The molecular weight excluding hydrogens is 817 g/mol. The van der Waals surface area contributed by atoms with Crippen LogP contribution in [-0.2, 0) is 28.6 Å². The molecule has 6 nitrogen and oxygen atoms in total. The summed E-state index contributed by atoms with van der Waals surface area (Å²) in [5.74, 6) is -0.864. The molecule has 1 atom stereocenters. The van der Waals surface area contributed by atoms with E-state index >= 15 is 0 Å². The largest absolute Gasteiger partial charge is 0.462 e. The Morgan fingerprint density at radius 1 is 0.288 bits per heavy atom. The van der Waals surface area contributed by atoms with E-state index in [-0.39, 0.29) is 31.1 Å². The smallest absolute Gasteiger partial charge is 0.306 e. The van der Waals surface area contributed by atoms with E-state index in [1.54, 1.807) is 0 Å². The maximum atomic E-state index is 12.8. The highest BCUT2D eigenvalue weighted by atomic mass is 16.6. The standard InChI is InChI=1S/C60H112O6/c1-4-7-10-13-16-18-20-22-24-26-28-29-30-31-33-34-36-38-40-42-44-47-50-53-59(62)65-56-57(55-64-58(61)52-49-46-15-12-9-6-3)66-60(63)54-51-48-45-43-41-39-37-35-32-27-25-23-21-19-17-14-11-8-5-2/h23,25-26,28,57H,4-22,24,27,29-56H2,1-3H3/b25-23-,28-26-. The fourth-order valence-corrected chi connectivity index (χ4v) is 8.73. The quantitative estimate of drug-likeness (QED) is 0.0262. The van der Waals surface area contributed by atoms with Crippen LogP contribution in [0.4, 0.5) is 0 Å². The maximum absolute atomic E-state index is 12.8. The fraction of sp³-hybridized carbons (Fsp3) is 0.883. The van der Waals surface area contributed by atoms with Crippen LogP contribution in [0.5, 0.6) is 0 Å². The van der Waals surface area contributed by atoms with Crippen molar-refractivity contribution in [3.63, 3.8) is 0 Å². The minimum absolute atomic E-state index is 0.0690. The molecule has 0 fully saturated rings. The molecule has 0 bridgehead atoms. The van der Waals surface area contributed by atoms with Gasteiger partial charge in [0.25, 0.3) is 0 Å². The summed E-state index contributed by atoms with van der Waals surface area (Å²) in [6, 6.07) is 0. The first-order valence-electron chi connectivity index (χ1n) is 29.3. The summed E-state index contributed by atoms with van der Waals surface area (Å²) >= 11 is 0. The number of unbranched alkanes of at least 4 members (excludes halogenated alkanes) is 39. The van der Waals surface area contributed by atoms with Crippen LogP contribution in [0.1, 0.15) is 323 Å². The van der Waals surface area contributed by atoms with Crippen molar-refractivity contribution in [2.45, 2.75) is 329 Å². The van der Waals surface area contributed by atoms with Crippen molar-refractivity contribution in [3.05, 3.63) is 24.3 Å². The number of ether oxygens (including phenoxy) is 3. The molecule has 0 rings (SSSR count). The molecule has 1 unspecified atom stereocenters. The molecule has 0 N–H and O–H groups in total. The minimum Gasteiger partial charge on any atom is -0.462 e. The number of hydrogen-bond acceptors (Lipinski definition) is 6. The molecule has 0 aliphatic heterocycles. The van der Waals surface area contributed by atoms with Crippen molar-refractivity contribution in [1.82, 2.24) is 0 Å². The number of hydrogen-bond donors (Lipinski definition) is 0. The van der Waals surface area contributed by atoms with Crippen LogP contribution in [0.3, 0.4) is 0 Å². The van der Waals surface area contributed by atoms with E-state index in [1.165, 1.54) is 225 Å². The highest BCUT2D eigenvalue weighted by Crippen LogP contribution is 2.16. The third kappa shape index (κ3) is 52.9. The lowest BCUT2D eigenvalue weighted by atomic mass is 10.0. The van der Waals surface area contributed by atoms with Gasteiger partial charge in [-0.15, -0.1) is 0 Å². The summed E-state index contributed by atoms with van der Waals surface area (Å²) in [6.45, 7) is 6.62. The Morgan fingerprint density at radius 2 is 0.500 bits per heavy atom. The summed E-state index contributed by atoms with van der Waals surface area (Å²) in [4.78, 5) is 37.9. The van der Waals surface area contributed by atoms with Crippen LogP contribution in [0, 0.1) is 0 Å². The zero-order chi connectivity index (χ0) is 47.9. The molecule has 0 saturated carbocycles. The number of allylic oxidation sites excluding steroid dienone is 4. The van der Waals surface area contributed by atoms with Gasteiger partial charge in [0.15, 0.2) is 6.10 Å². The Hall–Kier alpha value is -2.11. The van der Waals surface area contributed by atoms with Crippen molar-refractivity contribution < 1.29 is 28.6 Å². The number of carbonyl (C=O) groups excluding carboxylic acids is 3. The monoisotopic (exact) mass is 929 g/mol. The summed E-state index contributed by atoms with van der Waals surface area (Å²) in [7, 11) is 0. The van der Waals surface area contributed by atoms with Gasteiger partial charge in [0.1, 0.15) is 13.2 Å². The first kappa shape index (κ1) is 63.9. The Balaban J connectivity index is 4.09. The van der Waals surface area contributed by atoms with Crippen LogP contribution in [-0.4, -0.2) is 37.2 Å². The van der Waals surface area contributed by atoms with Gasteiger partial charge in [0.2, 0.25) is 0 Å². The van der Waals surface area contributed by atoms with E-state index in [2.05, 4.69) is 45.1 Å². The highest BCUT2D eigenvalue weighted by Gasteiger charge is 2.19. The maximum Gasteiger partial charge on any atom is 0.306 e. The first-order chi connectivity index (χ1) is 32.5. The second-order valence-electron chi connectivity index (χ2n) is 19.9. The molecule has 0 aliphatic rings. The molecule has 0 amide bonds. The molecule has 0 aromatic carbocycles. The van der Waals surface area contributed by atoms with Gasteiger partial charge in [0, 0.05) is 19.3 Å². The highest BCUT2D eigenvalue weighted by molar-refractivity contribution is 5.71. The van der Waals surface area contributed by atoms with Crippen molar-refractivity contribution in [3.8, 4) is 0 Å². The topological polar surface area (TPSA) is 78.9 Å². The van der Waals surface area contributed by atoms with Gasteiger partial charge in [-0.05, 0) is 70.6 Å². The summed E-state index contributed by atoms with van der Waals surface area (Å²) in [6.07, 6.45) is 64.9. The minimum atomic E-state index is -0.767. The van der Waals surface area contributed by atoms with Gasteiger partial charge < -0.3 is 14.2 Å². The lowest BCUT2D eigenvalue weighted by molar-refractivity contribution is -0.167. The summed E-state index contributed by atoms with van der Waals surface area (Å²) in [5, 5.41) is 0. The molecule has 0 saturated heterocycles. The van der Waals surface area contributed by atoms with E-state index in [0.717, 1.165) is 57.8 Å². The number of carbonyl (C=O) groups is 3. The number of esters is 3. The SMILES string of the molecule is CCCCCCCC/C=C\CCCCCCCCCCCC(=O)OC(COC(=O)CCCCCCCC)COC(=O)CCCCCCCCCCCCC/C=C\CCCCCCCCCC. The molecule has 0 heterocycles. The fourth-order valence-electron chi connectivity index (χ4n) is 8.73. The molecular formula is C60H112O6. The second-order valence-corrected chi connectivity index (χ2v) is 19.9. The summed E-state index contributed by atoms with van der Waals surface area (Å²) in [5.41, 5.74) is 0. The Morgan fingerprint density at radius 3 is 0.758 bits per heavy atom. The van der Waals surface area contributed by atoms with Crippen LogP contribution in [0.25, 0.3) is 0 Å². The molecule has 388 valence electrons. The predicted molar refractivity (Wildman–Crippen MR) is 284 cm³/mol. The Bertz CT molecular complexity index is 1070. The third-order valence-corrected chi connectivity index (χ3v) is 13.2. The van der Waals surface area contributed by atoms with Crippen LogP contribution < -0.4 is 0 Å². The van der Waals surface area contributed by atoms with E-state index in [0.29, 0.717) is 19.3 Å². The van der Waals surface area contributed by atoms with Crippen molar-refractivity contribution in [2.24, 2.45) is 0 Å². The third-order valence-electron chi connectivity index (χ3n) is 13.2. The van der Waals surface area contributed by atoms with E-state index in [4.69, 9.17) is 14.2 Å². The van der Waals surface area contributed by atoms with Crippen LogP contribution in [0.15, 0.2) is 24.3 Å². The Kier molecular flexibility index (Phi) is 53.7. The molecule has 0 aliphatic carbocycles. The van der Waals surface area contributed by atoms with Crippen LogP contribution in [0.2, 0.25) is 0 Å². The zero-order valence-electron chi connectivity index (χ0n) is 44.5. The normalized spacial score (nSPS) is 12.1. The lowest BCUT2D eigenvalue weighted by Crippen LogP contribution is -2.30. The van der Waals surface area contributed by atoms with Gasteiger partial charge in [-0.2, -0.15) is 0 Å². The zero-order valence-corrected chi connectivity index (χ0v) is 44.5. The van der Waals surface area contributed by atoms with E-state index < -0.39 is 6.10 Å². The van der Waals surface area contributed by atoms with Crippen molar-refractivity contribution >= 4 is 17.9 Å². The van der Waals surface area contributed by atoms with Crippen LogP contribution >= 0.6 is 0 Å². The lowest BCUT2D eigenvalue weighted by Gasteiger charge is -2.18. The molecule has 0 spiro atoms. The van der Waals surface area contributed by atoms with Gasteiger partial charge in [-0.1, -0.05) is 257 Å². The number of rotatable bonds is 54. The second kappa shape index (κ2) is 55.5. The van der Waals surface area contributed by atoms with Gasteiger partial charge in [-0.25, -0.2) is 0 Å². The Labute approximate surface area is 411 Å². The molecule has 6 heteroatoms. The summed E-state index contributed by atoms with van der Waals surface area (Å²) < 4.78 is 16.8. The molecule has 0 aromatic heterocycles. The van der Waals surface area contributed by atoms with E-state index in [1.807, 2.05) is 0 Å². The molecule has 0 aromatic rings. The van der Waals surface area contributed by atoms with Gasteiger partial charge in [-0.3, -0.25) is 14.4 Å². The average Bonchev–Trinajstić information content (AvgIpc) is 3.31. The molecule has 0 radical (unpaired) electrons. The van der Waals surface area contributed by atoms with Crippen molar-refractivity contribution in [2.75, 3.05) is 13.2 Å². The van der Waals surface area contributed by atoms with Gasteiger partial charge >= 0.3 is 17.9 Å². The van der Waals surface area contributed by atoms with Gasteiger partial charge in [0.05, 0.1) is 0 Å².